The van der Waals surface area contributed by atoms with Crippen molar-refractivity contribution in [2.45, 2.75) is 18.8 Å². The number of nitrogens with zero attached hydrogens (tertiary/aromatic N) is 2. The second kappa shape index (κ2) is 8.43. The quantitative estimate of drug-likeness (QED) is 0.635. The van der Waals surface area contributed by atoms with Crippen LogP contribution < -0.4 is 4.74 Å². The van der Waals surface area contributed by atoms with Gasteiger partial charge in [0.15, 0.2) is 0 Å². The molecule has 2 aromatic carbocycles. The van der Waals surface area contributed by atoms with Crippen molar-refractivity contribution in [1.29, 1.82) is 0 Å². The Morgan fingerprint density at radius 1 is 1.07 bits per heavy atom. The third-order valence-corrected chi connectivity index (χ3v) is 5.37. The fraction of sp³-hybridized carbons (Fsp3) is 0.250. The molecule has 1 fully saturated rings. The molecule has 0 N–H and O–H groups in total. The standard InChI is InChI=1S/C24H23FN2O2/c1-29-21-13-9-17(10-14-21)22-5-2-6-23(26-22)19-4-3-15-27(16-19)24(28)18-7-11-20(25)12-8-18/h2,5-14,19H,3-4,15-16H2,1H3/t19-/m0/s1. The summed E-state index contributed by atoms with van der Waals surface area (Å²) in [5, 5.41) is 0. The molecule has 1 amide bonds. The number of rotatable bonds is 4. The zero-order chi connectivity index (χ0) is 20.2. The molecule has 148 valence electrons. The minimum absolute atomic E-state index is 0.0546. The van der Waals surface area contributed by atoms with Crippen molar-refractivity contribution < 1.29 is 13.9 Å². The molecule has 1 aliphatic rings. The molecule has 1 atom stereocenters. The summed E-state index contributed by atoms with van der Waals surface area (Å²) in [5.74, 6) is 0.608. The molecular formula is C24H23FN2O2. The number of piperidine rings is 1. The van der Waals surface area contributed by atoms with Crippen LogP contribution >= 0.6 is 0 Å². The van der Waals surface area contributed by atoms with E-state index in [0.29, 0.717) is 18.7 Å². The van der Waals surface area contributed by atoms with E-state index in [0.717, 1.165) is 35.5 Å². The number of likely N-dealkylation sites (tertiary alicyclic amines) is 1. The van der Waals surface area contributed by atoms with E-state index in [-0.39, 0.29) is 17.6 Å². The third kappa shape index (κ3) is 4.29. The first kappa shape index (κ1) is 19.1. The first-order valence-electron chi connectivity index (χ1n) is 9.80. The lowest BCUT2D eigenvalue weighted by Crippen LogP contribution is -2.39. The zero-order valence-electron chi connectivity index (χ0n) is 16.3. The Labute approximate surface area is 170 Å². The van der Waals surface area contributed by atoms with Crippen LogP contribution in [-0.4, -0.2) is 36.0 Å². The van der Waals surface area contributed by atoms with E-state index >= 15 is 0 Å². The Morgan fingerprint density at radius 3 is 2.55 bits per heavy atom. The molecule has 0 spiro atoms. The van der Waals surface area contributed by atoms with Gasteiger partial charge < -0.3 is 9.64 Å². The van der Waals surface area contributed by atoms with Crippen molar-refractivity contribution in [1.82, 2.24) is 9.88 Å². The number of halogens is 1. The summed E-state index contributed by atoms with van der Waals surface area (Å²) in [6.45, 7) is 1.33. The molecule has 4 rings (SSSR count). The van der Waals surface area contributed by atoms with Crippen molar-refractivity contribution in [2.75, 3.05) is 20.2 Å². The van der Waals surface area contributed by atoms with Gasteiger partial charge in [-0.05, 0) is 73.5 Å². The van der Waals surface area contributed by atoms with E-state index in [1.54, 1.807) is 19.2 Å². The zero-order valence-corrected chi connectivity index (χ0v) is 16.3. The fourth-order valence-corrected chi connectivity index (χ4v) is 3.78. The maximum absolute atomic E-state index is 13.2. The minimum Gasteiger partial charge on any atom is -0.497 e. The van der Waals surface area contributed by atoms with E-state index in [1.165, 1.54) is 12.1 Å². The van der Waals surface area contributed by atoms with Crippen LogP contribution in [0.5, 0.6) is 5.75 Å². The van der Waals surface area contributed by atoms with Crippen LogP contribution in [-0.2, 0) is 0 Å². The lowest BCUT2D eigenvalue weighted by molar-refractivity contribution is 0.0706. The summed E-state index contributed by atoms with van der Waals surface area (Å²) >= 11 is 0. The van der Waals surface area contributed by atoms with Gasteiger partial charge in [0.1, 0.15) is 11.6 Å². The molecule has 0 unspecified atom stereocenters. The van der Waals surface area contributed by atoms with Gasteiger partial charge >= 0.3 is 0 Å². The van der Waals surface area contributed by atoms with Crippen LogP contribution in [0, 0.1) is 5.82 Å². The molecule has 3 aromatic rings. The number of carbonyl (C=O) groups is 1. The van der Waals surface area contributed by atoms with Gasteiger partial charge in [-0.25, -0.2) is 4.39 Å². The first-order chi connectivity index (χ1) is 14.1. The highest BCUT2D eigenvalue weighted by molar-refractivity contribution is 5.94. The van der Waals surface area contributed by atoms with Crippen molar-refractivity contribution in [3.63, 3.8) is 0 Å². The molecule has 1 aromatic heterocycles. The lowest BCUT2D eigenvalue weighted by atomic mass is 9.93. The van der Waals surface area contributed by atoms with Crippen LogP contribution in [0.25, 0.3) is 11.3 Å². The topological polar surface area (TPSA) is 42.4 Å². The van der Waals surface area contributed by atoms with E-state index in [4.69, 9.17) is 9.72 Å². The molecule has 5 heteroatoms. The van der Waals surface area contributed by atoms with E-state index in [9.17, 15) is 9.18 Å². The SMILES string of the molecule is COc1ccc(-c2cccc([C@H]3CCCN(C(=O)c4ccc(F)cc4)C3)n2)cc1. The molecule has 29 heavy (non-hydrogen) atoms. The Balaban J connectivity index is 1.52. The Morgan fingerprint density at radius 2 is 1.83 bits per heavy atom. The minimum atomic E-state index is -0.336. The van der Waals surface area contributed by atoms with Gasteiger partial charge in [-0.15, -0.1) is 0 Å². The van der Waals surface area contributed by atoms with Gasteiger partial charge in [0.2, 0.25) is 0 Å². The number of pyridine rings is 1. The second-order valence-electron chi connectivity index (χ2n) is 7.27. The van der Waals surface area contributed by atoms with Crippen LogP contribution in [0.15, 0.2) is 66.7 Å². The van der Waals surface area contributed by atoms with E-state index in [2.05, 4.69) is 0 Å². The Bertz CT molecular complexity index is 987. The summed E-state index contributed by atoms with van der Waals surface area (Å²) in [4.78, 5) is 19.5. The van der Waals surface area contributed by atoms with Gasteiger partial charge in [-0.3, -0.25) is 9.78 Å². The number of hydrogen-bond donors (Lipinski definition) is 0. The smallest absolute Gasteiger partial charge is 0.253 e. The summed E-state index contributed by atoms with van der Waals surface area (Å²) in [5.41, 5.74) is 3.46. The predicted molar refractivity (Wildman–Crippen MR) is 111 cm³/mol. The molecule has 0 bridgehead atoms. The highest BCUT2D eigenvalue weighted by Crippen LogP contribution is 2.29. The van der Waals surface area contributed by atoms with Crippen LogP contribution in [0.2, 0.25) is 0 Å². The fourth-order valence-electron chi connectivity index (χ4n) is 3.78. The molecule has 0 radical (unpaired) electrons. The summed E-state index contributed by atoms with van der Waals surface area (Å²) in [6.07, 6.45) is 1.91. The van der Waals surface area contributed by atoms with Crippen molar-refractivity contribution in [3.05, 3.63) is 83.8 Å². The van der Waals surface area contributed by atoms with Gasteiger partial charge in [0.25, 0.3) is 5.91 Å². The van der Waals surface area contributed by atoms with Gasteiger partial charge in [0, 0.05) is 35.8 Å². The van der Waals surface area contributed by atoms with Crippen molar-refractivity contribution >= 4 is 5.91 Å². The number of methoxy groups -OCH3 is 1. The Hall–Kier alpha value is -3.21. The van der Waals surface area contributed by atoms with Gasteiger partial charge in [0.05, 0.1) is 12.8 Å². The summed E-state index contributed by atoms with van der Waals surface area (Å²) in [6, 6.07) is 19.6. The van der Waals surface area contributed by atoms with Gasteiger partial charge in [-0.2, -0.15) is 0 Å². The average Bonchev–Trinajstić information content (AvgIpc) is 2.79. The number of amides is 1. The second-order valence-corrected chi connectivity index (χ2v) is 7.27. The van der Waals surface area contributed by atoms with Gasteiger partial charge in [-0.1, -0.05) is 6.07 Å². The lowest BCUT2D eigenvalue weighted by Gasteiger charge is -2.32. The summed E-state index contributed by atoms with van der Waals surface area (Å²) in [7, 11) is 1.65. The number of ether oxygens (including phenoxy) is 1. The number of aromatic nitrogens is 1. The first-order valence-corrected chi connectivity index (χ1v) is 9.80. The van der Waals surface area contributed by atoms with Crippen LogP contribution in [0.4, 0.5) is 4.39 Å². The highest BCUT2D eigenvalue weighted by Gasteiger charge is 2.26. The largest absolute Gasteiger partial charge is 0.497 e. The van der Waals surface area contributed by atoms with E-state index < -0.39 is 0 Å². The number of carbonyl (C=O) groups excluding carboxylic acids is 1. The maximum atomic E-state index is 13.2. The van der Waals surface area contributed by atoms with Crippen molar-refractivity contribution in [2.24, 2.45) is 0 Å². The Kier molecular flexibility index (Phi) is 5.56. The number of benzene rings is 2. The molecule has 4 nitrogen and oxygen atoms in total. The predicted octanol–water partition coefficient (Wildman–Crippen LogP) is 4.92. The maximum Gasteiger partial charge on any atom is 0.253 e. The van der Waals surface area contributed by atoms with Crippen molar-refractivity contribution in [3.8, 4) is 17.0 Å². The highest BCUT2D eigenvalue weighted by atomic mass is 19.1. The molecule has 1 saturated heterocycles. The normalized spacial score (nSPS) is 16.5. The molecule has 0 aliphatic carbocycles. The van der Waals surface area contributed by atoms with Crippen LogP contribution in [0.3, 0.4) is 0 Å². The van der Waals surface area contributed by atoms with E-state index in [1.807, 2.05) is 47.4 Å². The average molecular weight is 390 g/mol. The third-order valence-electron chi connectivity index (χ3n) is 5.37. The molecular weight excluding hydrogens is 367 g/mol. The molecule has 0 saturated carbocycles. The monoisotopic (exact) mass is 390 g/mol. The molecule has 1 aliphatic heterocycles. The summed E-state index contributed by atoms with van der Waals surface area (Å²) < 4.78 is 18.4. The number of hydrogen-bond acceptors (Lipinski definition) is 3. The van der Waals surface area contributed by atoms with Crippen LogP contribution in [0.1, 0.15) is 34.8 Å². The molecule has 2 heterocycles.